The average molecular weight is 271 g/mol. The zero-order chi connectivity index (χ0) is 14.5. The number of carbonyl (C=O) groups is 1. The number of carbonyl (C=O) groups excluding carboxylic acids is 1. The van der Waals surface area contributed by atoms with E-state index in [0.29, 0.717) is 23.5 Å². The van der Waals surface area contributed by atoms with Crippen LogP contribution in [0.5, 0.6) is 11.5 Å². The van der Waals surface area contributed by atoms with E-state index in [2.05, 4.69) is 0 Å². The summed E-state index contributed by atoms with van der Waals surface area (Å²) in [5.74, 6) is 0.720. The maximum atomic E-state index is 11.0. The molecule has 0 heterocycles. The Balaban J connectivity index is 2.23. The lowest BCUT2D eigenvalue weighted by Crippen LogP contribution is -2.10. The van der Waals surface area contributed by atoms with Gasteiger partial charge in [0.25, 0.3) is 0 Å². The number of hydrogen-bond acceptors (Lipinski definition) is 3. The maximum absolute atomic E-state index is 11.0. The van der Waals surface area contributed by atoms with Crippen molar-refractivity contribution in [1.29, 1.82) is 0 Å². The van der Waals surface area contributed by atoms with Crippen molar-refractivity contribution in [2.24, 2.45) is 5.73 Å². The van der Waals surface area contributed by atoms with Crippen LogP contribution in [0, 0.1) is 0 Å². The molecule has 1 atom stereocenters. The lowest BCUT2D eigenvalue weighted by molar-refractivity contribution is 0.100. The first-order valence-corrected chi connectivity index (χ1v) is 6.46. The summed E-state index contributed by atoms with van der Waals surface area (Å²) in [5.41, 5.74) is 6.36. The van der Waals surface area contributed by atoms with Crippen LogP contribution in [0.15, 0.2) is 48.5 Å². The molecule has 4 nitrogen and oxygen atoms in total. The quantitative estimate of drug-likeness (QED) is 0.878. The monoisotopic (exact) mass is 271 g/mol. The van der Waals surface area contributed by atoms with Crippen molar-refractivity contribution >= 4 is 5.91 Å². The Labute approximate surface area is 117 Å². The highest BCUT2D eigenvalue weighted by Crippen LogP contribution is 2.30. The molecule has 0 aliphatic heterocycles. The van der Waals surface area contributed by atoms with Crippen LogP contribution in [0.25, 0.3) is 0 Å². The molecular formula is C16H17NO3. The minimum Gasteiger partial charge on any atom is -0.457 e. The molecule has 0 saturated carbocycles. The van der Waals surface area contributed by atoms with Crippen molar-refractivity contribution in [2.45, 2.75) is 19.4 Å². The predicted molar refractivity (Wildman–Crippen MR) is 76.7 cm³/mol. The third-order valence-corrected chi connectivity index (χ3v) is 3.03. The normalized spacial score (nSPS) is 11.9. The summed E-state index contributed by atoms with van der Waals surface area (Å²) in [7, 11) is 0. The molecule has 20 heavy (non-hydrogen) atoms. The second-order valence-corrected chi connectivity index (χ2v) is 4.45. The molecule has 0 aliphatic carbocycles. The molecule has 0 unspecified atom stereocenters. The fourth-order valence-electron chi connectivity index (χ4n) is 1.88. The number of aliphatic hydroxyl groups is 1. The van der Waals surface area contributed by atoms with Gasteiger partial charge in [-0.1, -0.05) is 25.1 Å². The molecule has 1 amide bonds. The van der Waals surface area contributed by atoms with Gasteiger partial charge >= 0.3 is 0 Å². The standard InChI is InChI=1S/C16H17NO3/c1-2-14(18)13-5-3-4-6-15(13)20-12-9-7-11(8-10-12)16(17)19/h3-10,14,18H,2H2,1H3,(H2,17,19)/t14-/m1/s1. The Kier molecular flexibility index (Phi) is 4.38. The van der Waals surface area contributed by atoms with E-state index >= 15 is 0 Å². The van der Waals surface area contributed by atoms with E-state index in [1.165, 1.54) is 0 Å². The molecule has 4 heteroatoms. The molecule has 2 aromatic carbocycles. The van der Waals surface area contributed by atoms with E-state index in [4.69, 9.17) is 10.5 Å². The molecule has 0 aromatic heterocycles. The summed E-state index contributed by atoms with van der Waals surface area (Å²) in [4.78, 5) is 11.0. The van der Waals surface area contributed by atoms with E-state index in [1.54, 1.807) is 30.3 Å². The minimum atomic E-state index is -0.559. The van der Waals surface area contributed by atoms with Gasteiger partial charge in [-0.25, -0.2) is 0 Å². The van der Waals surface area contributed by atoms with Crippen LogP contribution in [0.1, 0.15) is 35.4 Å². The molecule has 2 rings (SSSR count). The number of amides is 1. The largest absolute Gasteiger partial charge is 0.457 e. The van der Waals surface area contributed by atoms with Gasteiger partial charge in [-0.2, -0.15) is 0 Å². The number of rotatable bonds is 5. The second kappa shape index (κ2) is 6.21. The van der Waals surface area contributed by atoms with E-state index in [1.807, 2.05) is 25.1 Å². The van der Waals surface area contributed by atoms with E-state index in [0.717, 1.165) is 5.56 Å². The van der Waals surface area contributed by atoms with Gasteiger partial charge in [0.15, 0.2) is 0 Å². The van der Waals surface area contributed by atoms with Crippen LogP contribution in [0.3, 0.4) is 0 Å². The molecule has 0 fully saturated rings. The molecular weight excluding hydrogens is 254 g/mol. The molecule has 2 aromatic rings. The second-order valence-electron chi connectivity index (χ2n) is 4.45. The smallest absolute Gasteiger partial charge is 0.248 e. The Morgan fingerprint density at radius 3 is 2.45 bits per heavy atom. The fraction of sp³-hybridized carbons (Fsp3) is 0.188. The summed E-state index contributed by atoms with van der Waals surface area (Å²) in [6, 6.07) is 13.9. The zero-order valence-corrected chi connectivity index (χ0v) is 11.2. The summed E-state index contributed by atoms with van der Waals surface area (Å²) in [6.07, 6.45) is 0.0529. The van der Waals surface area contributed by atoms with E-state index < -0.39 is 12.0 Å². The summed E-state index contributed by atoms with van der Waals surface area (Å²) >= 11 is 0. The van der Waals surface area contributed by atoms with Crippen LogP contribution < -0.4 is 10.5 Å². The highest BCUT2D eigenvalue weighted by molar-refractivity contribution is 5.92. The molecule has 3 N–H and O–H groups in total. The first kappa shape index (κ1) is 14.1. The van der Waals surface area contributed by atoms with Gasteiger partial charge in [-0.3, -0.25) is 4.79 Å². The van der Waals surface area contributed by atoms with Crippen molar-refractivity contribution in [1.82, 2.24) is 0 Å². The Hall–Kier alpha value is -2.33. The van der Waals surface area contributed by atoms with Crippen molar-refractivity contribution in [3.63, 3.8) is 0 Å². The van der Waals surface area contributed by atoms with E-state index in [-0.39, 0.29) is 0 Å². The Morgan fingerprint density at radius 2 is 1.85 bits per heavy atom. The first-order valence-electron chi connectivity index (χ1n) is 6.46. The van der Waals surface area contributed by atoms with Crippen molar-refractivity contribution in [3.8, 4) is 11.5 Å². The van der Waals surface area contributed by atoms with Gasteiger partial charge in [0.1, 0.15) is 11.5 Å². The summed E-state index contributed by atoms with van der Waals surface area (Å²) < 4.78 is 5.76. The number of benzene rings is 2. The molecule has 0 spiro atoms. The van der Waals surface area contributed by atoms with Crippen LogP contribution >= 0.6 is 0 Å². The van der Waals surface area contributed by atoms with Gasteiger partial charge in [0, 0.05) is 11.1 Å². The van der Waals surface area contributed by atoms with Gasteiger partial charge in [0.2, 0.25) is 5.91 Å². The Bertz CT molecular complexity index is 593. The molecule has 0 radical (unpaired) electrons. The predicted octanol–water partition coefficient (Wildman–Crippen LogP) is 3.02. The molecule has 104 valence electrons. The number of nitrogens with two attached hydrogens (primary N) is 1. The third-order valence-electron chi connectivity index (χ3n) is 3.03. The fourth-order valence-corrected chi connectivity index (χ4v) is 1.88. The number of aliphatic hydroxyl groups excluding tert-OH is 1. The van der Waals surface area contributed by atoms with Crippen LogP contribution in [0.4, 0.5) is 0 Å². The molecule has 0 aliphatic rings. The lowest BCUT2D eigenvalue weighted by atomic mass is 10.1. The third kappa shape index (κ3) is 3.16. The van der Waals surface area contributed by atoms with Gasteiger partial charge in [0.05, 0.1) is 6.10 Å². The summed E-state index contributed by atoms with van der Waals surface area (Å²) in [6.45, 7) is 1.91. The van der Waals surface area contributed by atoms with Crippen molar-refractivity contribution < 1.29 is 14.6 Å². The maximum Gasteiger partial charge on any atom is 0.248 e. The molecule has 0 bridgehead atoms. The van der Waals surface area contributed by atoms with Crippen molar-refractivity contribution in [3.05, 3.63) is 59.7 Å². The van der Waals surface area contributed by atoms with E-state index in [9.17, 15) is 9.90 Å². The number of ether oxygens (including phenoxy) is 1. The Morgan fingerprint density at radius 1 is 1.20 bits per heavy atom. The SMILES string of the molecule is CC[C@@H](O)c1ccccc1Oc1ccc(C(N)=O)cc1. The summed E-state index contributed by atoms with van der Waals surface area (Å²) in [5, 5.41) is 9.96. The highest BCUT2D eigenvalue weighted by atomic mass is 16.5. The number of primary amides is 1. The highest BCUT2D eigenvalue weighted by Gasteiger charge is 2.11. The van der Waals surface area contributed by atoms with Gasteiger partial charge in [-0.15, -0.1) is 0 Å². The van der Waals surface area contributed by atoms with Gasteiger partial charge < -0.3 is 15.6 Å². The number of hydrogen-bond donors (Lipinski definition) is 2. The topological polar surface area (TPSA) is 72.6 Å². The lowest BCUT2D eigenvalue weighted by Gasteiger charge is -2.14. The number of para-hydroxylation sites is 1. The molecule has 0 saturated heterocycles. The van der Waals surface area contributed by atoms with Gasteiger partial charge in [-0.05, 0) is 36.8 Å². The van der Waals surface area contributed by atoms with Crippen LogP contribution in [0.2, 0.25) is 0 Å². The van der Waals surface area contributed by atoms with Crippen molar-refractivity contribution in [2.75, 3.05) is 0 Å². The zero-order valence-electron chi connectivity index (χ0n) is 11.2. The van der Waals surface area contributed by atoms with Crippen LogP contribution in [-0.4, -0.2) is 11.0 Å². The van der Waals surface area contributed by atoms with Crippen LogP contribution in [-0.2, 0) is 0 Å². The first-order chi connectivity index (χ1) is 9.61. The average Bonchev–Trinajstić information content (AvgIpc) is 2.47. The minimum absolute atomic E-state index is 0.430.